The van der Waals surface area contributed by atoms with Crippen molar-refractivity contribution in [3.8, 4) is 0 Å². The van der Waals surface area contributed by atoms with E-state index in [-0.39, 0.29) is 0 Å². The summed E-state index contributed by atoms with van der Waals surface area (Å²) < 4.78 is 0. The lowest BCUT2D eigenvalue weighted by molar-refractivity contribution is 0.180. The quantitative estimate of drug-likeness (QED) is 0.581. The van der Waals surface area contributed by atoms with Crippen molar-refractivity contribution in [3.63, 3.8) is 0 Å². The largest absolute Gasteiger partial charge is 0.303 e. The second kappa shape index (κ2) is 8.96. The van der Waals surface area contributed by atoms with E-state index in [1.54, 1.807) is 0 Å². The summed E-state index contributed by atoms with van der Waals surface area (Å²) in [5.74, 6) is 1.79. The summed E-state index contributed by atoms with van der Waals surface area (Å²) in [6.07, 6.45) is 12.9. The van der Waals surface area contributed by atoms with Gasteiger partial charge in [-0.15, -0.1) is 0 Å². The normalized spacial score (nSPS) is 19.7. The molecule has 0 spiro atoms. The molecule has 0 amide bonds. The van der Waals surface area contributed by atoms with Gasteiger partial charge in [0, 0.05) is 6.04 Å². The van der Waals surface area contributed by atoms with E-state index in [0.717, 1.165) is 17.9 Å². The Kier molecular flexibility index (Phi) is 7.97. The zero-order chi connectivity index (χ0) is 13.4. The van der Waals surface area contributed by atoms with Crippen LogP contribution in [0.2, 0.25) is 0 Å². The average molecular weight is 253 g/mol. The van der Waals surface area contributed by atoms with Crippen molar-refractivity contribution < 1.29 is 0 Å². The van der Waals surface area contributed by atoms with Gasteiger partial charge >= 0.3 is 0 Å². The van der Waals surface area contributed by atoms with E-state index >= 15 is 0 Å². The molecule has 0 aliphatic heterocycles. The molecule has 0 radical (unpaired) electrons. The Morgan fingerprint density at radius 3 is 2.22 bits per heavy atom. The molecule has 18 heavy (non-hydrogen) atoms. The Bertz CT molecular complexity index is 194. The molecule has 1 atom stereocenters. The van der Waals surface area contributed by atoms with Crippen molar-refractivity contribution in [2.75, 3.05) is 13.6 Å². The molecule has 1 aliphatic rings. The van der Waals surface area contributed by atoms with Crippen molar-refractivity contribution in [1.82, 2.24) is 4.90 Å². The molecule has 1 nitrogen and oxygen atoms in total. The molecule has 1 aliphatic carbocycles. The first-order chi connectivity index (χ1) is 8.59. The monoisotopic (exact) mass is 253 g/mol. The van der Waals surface area contributed by atoms with E-state index in [1.165, 1.54) is 64.3 Å². The predicted molar refractivity (Wildman–Crippen MR) is 82.0 cm³/mol. The highest BCUT2D eigenvalue weighted by molar-refractivity contribution is 4.73. The van der Waals surface area contributed by atoms with Gasteiger partial charge in [0.25, 0.3) is 0 Å². The Labute approximate surface area is 115 Å². The van der Waals surface area contributed by atoms with Crippen molar-refractivity contribution in [1.29, 1.82) is 0 Å². The first-order valence-corrected chi connectivity index (χ1v) is 8.29. The van der Waals surface area contributed by atoms with Gasteiger partial charge in [-0.25, -0.2) is 0 Å². The number of hydrogen-bond donors (Lipinski definition) is 0. The molecule has 1 saturated carbocycles. The summed E-state index contributed by atoms with van der Waals surface area (Å²) >= 11 is 0. The van der Waals surface area contributed by atoms with Crippen molar-refractivity contribution >= 4 is 0 Å². The summed E-state index contributed by atoms with van der Waals surface area (Å²) in [4.78, 5) is 2.64. The van der Waals surface area contributed by atoms with Gasteiger partial charge in [0.1, 0.15) is 0 Å². The molecule has 0 aromatic carbocycles. The van der Waals surface area contributed by atoms with E-state index in [1.807, 2.05) is 0 Å². The van der Waals surface area contributed by atoms with Gasteiger partial charge in [0.05, 0.1) is 0 Å². The maximum atomic E-state index is 2.64. The minimum Gasteiger partial charge on any atom is -0.303 e. The van der Waals surface area contributed by atoms with Gasteiger partial charge < -0.3 is 4.90 Å². The summed E-state index contributed by atoms with van der Waals surface area (Å²) in [7, 11) is 2.34. The lowest BCUT2D eigenvalue weighted by Crippen LogP contribution is -2.34. The summed E-state index contributed by atoms with van der Waals surface area (Å²) in [6, 6.07) is 0.890. The molecule has 0 aromatic rings. The molecule has 0 bridgehead atoms. The summed E-state index contributed by atoms with van der Waals surface area (Å²) in [5, 5.41) is 0. The minimum atomic E-state index is 0.877. The van der Waals surface area contributed by atoms with Crippen LogP contribution < -0.4 is 0 Å². The van der Waals surface area contributed by atoms with E-state index in [4.69, 9.17) is 0 Å². The standard InChI is InChI=1S/C17H35N/c1-15(2)9-8-10-16(3)13-14-18(4)17-11-6-5-7-12-17/h15-17H,5-14H2,1-4H3. The van der Waals surface area contributed by atoms with Gasteiger partial charge in [0.2, 0.25) is 0 Å². The third-order valence-corrected chi connectivity index (χ3v) is 4.65. The molecule has 0 saturated heterocycles. The molecule has 1 unspecified atom stereocenters. The molecule has 1 fully saturated rings. The fourth-order valence-electron chi connectivity index (χ4n) is 3.15. The van der Waals surface area contributed by atoms with Crippen LogP contribution in [0.1, 0.15) is 78.6 Å². The molecule has 1 heteroatoms. The molecule has 0 heterocycles. The average Bonchev–Trinajstić information content (AvgIpc) is 2.36. The van der Waals surface area contributed by atoms with Gasteiger partial charge in [0.15, 0.2) is 0 Å². The topological polar surface area (TPSA) is 3.24 Å². The van der Waals surface area contributed by atoms with E-state index in [9.17, 15) is 0 Å². The Morgan fingerprint density at radius 1 is 0.944 bits per heavy atom. The summed E-state index contributed by atoms with van der Waals surface area (Å²) in [6.45, 7) is 8.42. The first-order valence-electron chi connectivity index (χ1n) is 8.29. The maximum Gasteiger partial charge on any atom is 0.00922 e. The van der Waals surface area contributed by atoms with Crippen LogP contribution in [0.25, 0.3) is 0 Å². The predicted octanol–water partition coefficient (Wildman–Crippen LogP) is 5.10. The fourth-order valence-corrected chi connectivity index (χ4v) is 3.15. The molecule has 1 rings (SSSR count). The smallest absolute Gasteiger partial charge is 0.00922 e. The molecule has 0 aromatic heterocycles. The highest BCUT2D eigenvalue weighted by atomic mass is 15.1. The van der Waals surface area contributed by atoms with Crippen LogP contribution in [0.15, 0.2) is 0 Å². The van der Waals surface area contributed by atoms with Gasteiger partial charge in [-0.2, -0.15) is 0 Å². The Hall–Kier alpha value is -0.0400. The van der Waals surface area contributed by atoms with Gasteiger partial charge in [-0.05, 0) is 44.7 Å². The number of hydrogen-bond acceptors (Lipinski definition) is 1. The lowest BCUT2D eigenvalue weighted by Gasteiger charge is -2.31. The fraction of sp³-hybridized carbons (Fsp3) is 1.00. The Balaban J connectivity index is 2.07. The molecule has 108 valence electrons. The SMILES string of the molecule is CC(C)CCCC(C)CCN(C)C1CCCCC1. The van der Waals surface area contributed by atoms with E-state index < -0.39 is 0 Å². The van der Waals surface area contributed by atoms with Gasteiger partial charge in [-0.3, -0.25) is 0 Å². The number of rotatable bonds is 8. The van der Waals surface area contributed by atoms with Crippen molar-refractivity contribution in [2.24, 2.45) is 11.8 Å². The van der Waals surface area contributed by atoms with Gasteiger partial charge in [-0.1, -0.05) is 59.3 Å². The summed E-state index contributed by atoms with van der Waals surface area (Å²) in [5.41, 5.74) is 0. The van der Waals surface area contributed by atoms with Crippen LogP contribution in [0.3, 0.4) is 0 Å². The van der Waals surface area contributed by atoms with E-state index in [0.29, 0.717) is 0 Å². The molecular weight excluding hydrogens is 218 g/mol. The highest BCUT2D eigenvalue weighted by Crippen LogP contribution is 2.23. The first kappa shape index (κ1) is 16.0. The van der Waals surface area contributed by atoms with Crippen molar-refractivity contribution in [2.45, 2.75) is 84.6 Å². The minimum absolute atomic E-state index is 0.877. The third-order valence-electron chi connectivity index (χ3n) is 4.65. The van der Waals surface area contributed by atoms with Crippen LogP contribution in [0.5, 0.6) is 0 Å². The van der Waals surface area contributed by atoms with Crippen LogP contribution in [-0.2, 0) is 0 Å². The highest BCUT2D eigenvalue weighted by Gasteiger charge is 2.17. The second-order valence-corrected chi connectivity index (χ2v) is 6.99. The van der Waals surface area contributed by atoms with Crippen LogP contribution >= 0.6 is 0 Å². The molecule has 0 N–H and O–H groups in total. The number of nitrogens with zero attached hydrogens (tertiary/aromatic N) is 1. The molecular formula is C17H35N. The zero-order valence-corrected chi connectivity index (χ0v) is 13.3. The van der Waals surface area contributed by atoms with Crippen LogP contribution in [0.4, 0.5) is 0 Å². The second-order valence-electron chi connectivity index (χ2n) is 6.99. The Morgan fingerprint density at radius 2 is 1.61 bits per heavy atom. The third kappa shape index (κ3) is 6.78. The van der Waals surface area contributed by atoms with Crippen molar-refractivity contribution in [3.05, 3.63) is 0 Å². The maximum absolute atomic E-state index is 2.64. The zero-order valence-electron chi connectivity index (χ0n) is 13.3. The van der Waals surface area contributed by atoms with Crippen LogP contribution in [-0.4, -0.2) is 24.5 Å². The van der Waals surface area contributed by atoms with E-state index in [2.05, 4.69) is 32.7 Å². The lowest BCUT2D eigenvalue weighted by atomic mass is 9.93. The van der Waals surface area contributed by atoms with Crippen LogP contribution in [0, 0.1) is 11.8 Å².